The van der Waals surface area contributed by atoms with Gasteiger partial charge in [-0.3, -0.25) is 4.79 Å². The summed E-state index contributed by atoms with van der Waals surface area (Å²) >= 11 is 0. The molecule has 1 unspecified atom stereocenters. The third kappa shape index (κ3) is 1.14. The minimum Gasteiger partial charge on any atom is -0.454 e. The summed E-state index contributed by atoms with van der Waals surface area (Å²) in [6.07, 6.45) is 0. The number of amides is 1. The summed E-state index contributed by atoms with van der Waals surface area (Å²) < 4.78 is 10.6. The molecule has 0 aliphatic carbocycles. The molecule has 3 rings (SSSR count). The van der Waals surface area contributed by atoms with E-state index in [1.807, 2.05) is 19.1 Å². The molecule has 0 aromatic heterocycles. The molecule has 2 heterocycles. The molecule has 84 valence electrons. The number of ether oxygens (including phenoxy) is 2. The zero-order valence-electron chi connectivity index (χ0n) is 9.11. The number of fused-ring (bicyclic) bond motifs is 2. The van der Waals surface area contributed by atoms with Crippen molar-refractivity contribution in [1.29, 1.82) is 0 Å². The van der Waals surface area contributed by atoms with Crippen molar-refractivity contribution in [3.05, 3.63) is 12.1 Å². The zero-order chi connectivity index (χ0) is 11.3. The van der Waals surface area contributed by atoms with Gasteiger partial charge >= 0.3 is 0 Å². The van der Waals surface area contributed by atoms with E-state index in [1.54, 1.807) is 11.9 Å². The van der Waals surface area contributed by atoms with Crippen LogP contribution in [0, 0.1) is 0 Å². The van der Waals surface area contributed by atoms with Gasteiger partial charge in [0.25, 0.3) is 0 Å². The van der Waals surface area contributed by atoms with Gasteiger partial charge in [-0.1, -0.05) is 0 Å². The Labute approximate surface area is 92.9 Å². The second kappa shape index (κ2) is 3.04. The van der Waals surface area contributed by atoms with E-state index < -0.39 is 0 Å². The highest BCUT2D eigenvalue weighted by Gasteiger charge is 2.29. The van der Waals surface area contributed by atoms with E-state index >= 15 is 0 Å². The Balaban J connectivity index is 2.13. The van der Waals surface area contributed by atoms with Crippen LogP contribution in [0.5, 0.6) is 11.5 Å². The number of carbonyl (C=O) groups excluding carboxylic acids is 1. The summed E-state index contributed by atoms with van der Waals surface area (Å²) in [6, 6.07) is 3.49. The molecule has 2 aliphatic rings. The highest BCUT2D eigenvalue weighted by Crippen LogP contribution is 2.42. The van der Waals surface area contributed by atoms with Crippen molar-refractivity contribution < 1.29 is 14.3 Å². The van der Waals surface area contributed by atoms with E-state index in [9.17, 15) is 4.79 Å². The number of anilines is 2. The highest BCUT2D eigenvalue weighted by atomic mass is 16.7. The van der Waals surface area contributed by atoms with E-state index in [1.165, 1.54) is 0 Å². The van der Waals surface area contributed by atoms with Gasteiger partial charge in [0.1, 0.15) is 6.04 Å². The summed E-state index contributed by atoms with van der Waals surface area (Å²) in [5.41, 5.74) is 1.73. The van der Waals surface area contributed by atoms with Crippen molar-refractivity contribution >= 4 is 17.3 Å². The van der Waals surface area contributed by atoms with E-state index in [2.05, 4.69) is 5.32 Å². The van der Waals surface area contributed by atoms with Crippen LogP contribution in [-0.4, -0.2) is 25.8 Å². The number of benzene rings is 1. The fraction of sp³-hybridized carbons (Fsp3) is 0.364. The van der Waals surface area contributed by atoms with Crippen molar-refractivity contribution in [3.63, 3.8) is 0 Å². The minimum atomic E-state index is -0.210. The van der Waals surface area contributed by atoms with Crippen LogP contribution in [0.4, 0.5) is 11.4 Å². The Hall–Kier alpha value is -1.91. The Morgan fingerprint density at radius 2 is 2.06 bits per heavy atom. The summed E-state index contributed by atoms with van der Waals surface area (Å²) in [7, 11) is 1.76. The Morgan fingerprint density at radius 3 is 2.81 bits per heavy atom. The van der Waals surface area contributed by atoms with Crippen LogP contribution >= 0.6 is 0 Å². The molecule has 1 atom stereocenters. The third-order valence-electron chi connectivity index (χ3n) is 2.93. The fourth-order valence-electron chi connectivity index (χ4n) is 2.03. The maximum atomic E-state index is 11.8. The van der Waals surface area contributed by atoms with Gasteiger partial charge < -0.3 is 19.7 Å². The molecule has 0 bridgehead atoms. The van der Waals surface area contributed by atoms with Crippen molar-refractivity contribution in [2.75, 3.05) is 24.1 Å². The lowest BCUT2D eigenvalue weighted by atomic mass is 10.1. The quantitative estimate of drug-likeness (QED) is 0.713. The monoisotopic (exact) mass is 220 g/mol. The van der Waals surface area contributed by atoms with Gasteiger partial charge in [0.15, 0.2) is 11.5 Å². The molecule has 0 saturated heterocycles. The Bertz CT molecular complexity index is 473. The van der Waals surface area contributed by atoms with Crippen LogP contribution < -0.4 is 19.7 Å². The third-order valence-corrected chi connectivity index (χ3v) is 2.93. The smallest absolute Gasteiger partial charge is 0.248 e. The van der Waals surface area contributed by atoms with Crippen LogP contribution in [0.2, 0.25) is 0 Å². The van der Waals surface area contributed by atoms with Gasteiger partial charge in [-0.15, -0.1) is 0 Å². The first-order valence-electron chi connectivity index (χ1n) is 5.14. The molecule has 1 N–H and O–H groups in total. The van der Waals surface area contributed by atoms with E-state index in [4.69, 9.17) is 9.47 Å². The van der Waals surface area contributed by atoms with Crippen LogP contribution in [-0.2, 0) is 4.79 Å². The summed E-state index contributed by atoms with van der Waals surface area (Å²) in [4.78, 5) is 13.4. The summed E-state index contributed by atoms with van der Waals surface area (Å²) in [5, 5.41) is 3.14. The first-order valence-corrected chi connectivity index (χ1v) is 5.14. The molecule has 1 aromatic carbocycles. The number of hydrogen-bond donors (Lipinski definition) is 1. The molecule has 2 aliphatic heterocycles. The molecule has 5 nitrogen and oxygen atoms in total. The van der Waals surface area contributed by atoms with Crippen LogP contribution in [0.3, 0.4) is 0 Å². The Morgan fingerprint density at radius 1 is 1.38 bits per heavy atom. The second-order valence-electron chi connectivity index (χ2n) is 3.99. The van der Waals surface area contributed by atoms with Crippen molar-refractivity contribution in [2.24, 2.45) is 0 Å². The molecule has 1 aromatic rings. The predicted molar refractivity (Wildman–Crippen MR) is 59.1 cm³/mol. The summed E-state index contributed by atoms with van der Waals surface area (Å²) in [6.45, 7) is 2.08. The molecular formula is C11H12N2O3. The molecule has 0 spiro atoms. The molecular weight excluding hydrogens is 208 g/mol. The lowest BCUT2D eigenvalue weighted by Gasteiger charge is -2.31. The van der Waals surface area contributed by atoms with Crippen LogP contribution in [0.15, 0.2) is 12.1 Å². The second-order valence-corrected chi connectivity index (χ2v) is 3.99. The number of carbonyl (C=O) groups is 1. The van der Waals surface area contributed by atoms with Crippen molar-refractivity contribution in [2.45, 2.75) is 13.0 Å². The SMILES string of the molecule is CC1Nc2cc3c(cc2N(C)C1=O)OCO3. The molecule has 5 heteroatoms. The topological polar surface area (TPSA) is 50.8 Å². The van der Waals surface area contributed by atoms with Crippen molar-refractivity contribution in [3.8, 4) is 11.5 Å². The average Bonchev–Trinajstić information content (AvgIpc) is 2.71. The molecule has 0 saturated carbocycles. The fourth-order valence-corrected chi connectivity index (χ4v) is 2.03. The summed E-state index contributed by atoms with van der Waals surface area (Å²) in [5.74, 6) is 1.46. The zero-order valence-corrected chi connectivity index (χ0v) is 9.11. The first kappa shape index (κ1) is 9.33. The van der Waals surface area contributed by atoms with E-state index in [0.29, 0.717) is 5.75 Å². The van der Waals surface area contributed by atoms with Crippen molar-refractivity contribution in [1.82, 2.24) is 0 Å². The van der Waals surface area contributed by atoms with Gasteiger partial charge in [0.05, 0.1) is 11.4 Å². The van der Waals surface area contributed by atoms with E-state index in [0.717, 1.165) is 17.1 Å². The van der Waals surface area contributed by atoms with Crippen LogP contribution in [0.25, 0.3) is 0 Å². The number of rotatable bonds is 0. The number of likely N-dealkylation sites (N-methyl/N-ethyl adjacent to an activating group) is 1. The standard InChI is InChI=1S/C11H12N2O3/c1-6-11(14)13(2)8-4-10-9(15-5-16-10)3-7(8)12-6/h3-4,6,12H,5H2,1-2H3. The normalized spacial score (nSPS) is 21.8. The maximum Gasteiger partial charge on any atom is 0.248 e. The molecule has 16 heavy (non-hydrogen) atoms. The van der Waals surface area contributed by atoms with Gasteiger partial charge in [0.2, 0.25) is 12.7 Å². The largest absolute Gasteiger partial charge is 0.454 e. The molecule has 1 amide bonds. The lowest BCUT2D eigenvalue weighted by Crippen LogP contribution is -2.43. The van der Waals surface area contributed by atoms with Gasteiger partial charge in [0, 0.05) is 19.2 Å². The molecule has 0 fully saturated rings. The highest BCUT2D eigenvalue weighted by molar-refractivity contribution is 6.04. The first-order chi connectivity index (χ1) is 7.66. The number of hydrogen-bond acceptors (Lipinski definition) is 4. The number of nitrogens with zero attached hydrogens (tertiary/aromatic N) is 1. The van der Waals surface area contributed by atoms with Gasteiger partial charge in [-0.2, -0.15) is 0 Å². The Kier molecular flexibility index (Phi) is 1.77. The van der Waals surface area contributed by atoms with Gasteiger partial charge in [-0.25, -0.2) is 0 Å². The van der Waals surface area contributed by atoms with Gasteiger partial charge in [-0.05, 0) is 6.92 Å². The predicted octanol–water partition coefficient (Wildman–Crippen LogP) is 1.19. The molecule has 0 radical (unpaired) electrons. The average molecular weight is 220 g/mol. The minimum absolute atomic E-state index is 0.0476. The van der Waals surface area contributed by atoms with E-state index in [-0.39, 0.29) is 18.7 Å². The van der Waals surface area contributed by atoms with Crippen LogP contribution in [0.1, 0.15) is 6.92 Å². The lowest BCUT2D eigenvalue weighted by molar-refractivity contribution is -0.118. The number of nitrogens with one attached hydrogen (secondary N) is 1. The maximum absolute atomic E-state index is 11.8.